The van der Waals surface area contributed by atoms with E-state index in [0.717, 1.165) is 4.57 Å². The van der Waals surface area contributed by atoms with Crippen LogP contribution in [0.2, 0.25) is 0 Å². The highest BCUT2D eigenvalue weighted by Gasteiger charge is 2.22. The Morgan fingerprint density at radius 3 is 2.59 bits per heavy atom. The molecule has 3 rings (SSSR count). The van der Waals surface area contributed by atoms with E-state index in [2.05, 4.69) is 11.6 Å². The molecule has 0 aliphatic rings. The molecule has 0 aliphatic carbocycles. The van der Waals surface area contributed by atoms with Gasteiger partial charge in [0.1, 0.15) is 0 Å². The van der Waals surface area contributed by atoms with Gasteiger partial charge < -0.3 is 4.74 Å². The maximum atomic E-state index is 13.2. The van der Waals surface area contributed by atoms with Gasteiger partial charge in [0.2, 0.25) is 0 Å². The number of aryl methyl sites for hydroxylation is 1. The van der Waals surface area contributed by atoms with Crippen LogP contribution in [-0.4, -0.2) is 26.7 Å². The summed E-state index contributed by atoms with van der Waals surface area (Å²) in [6.07, 6.45) is 1.54. The number of hydrogen-bond acceptors (Lipinski definition) is 5. The van der Waals surface area contributed by atoms with Crippen LogP contribution in [0.25, 0.3) is 16.7 Å². The van der Waals surface area contributed by atoms with Crippen molar-refractivity contribution in [3.05, 3.63) is 81.1 Å². The molecule has 2 heterocycles. The predicted molar refractivity (Wildman–Crippen MR) is 102 cm³/mol. The van der Waals surface area contributed by atoms with Gasteiger partial charge >= 0.3 is 11.7 Å². The first-order valence-electron chi connectivity index (χ1n) is 8.50. The molecule has 0 fully saturated rings. The number of hydrogen-bond donors (Lipinski definition) is 0. The summed E-state index contributed by atoms with van der Waals surface area (Å²) in [7, 11) is 0. The predicted octanol–water partition coefficient (Wildman–Crippen LogP) is 2.22. The number of aromatic nitrogens is 3. The highest BCUT2D eigenvalue weighted by atomic mass is 16.5. The number of rotatable bonds is 5. The minimum Gasteiger partial charge on any atom is -0.462 e. The fraction of sp³-hybridized carbons (Fsp3) is 0.200. The Balaban J connectivity index is 2.53. The van der Waals surface area contributed by atoms with E-state index in [0.29, 0.717) is 11.4 Å². The van der Waals surface area contributed by atoms with E-state index in [1.165, 1.54) is 16.7 Å². The van der Waals surface area contributed by atoms with Crippen molar-refractivity contribution in [3.63, 3.8) is 0 Å². The summed E-state index contributed by atoms with van der Waals surface area (Å²) >= 11 is 0. The Bertz CT molecular complexity index is 1140. The van der Waals surface area contributed by atoms with Gasteiger partial charge in [0, 0.05) is 12.2 Å². The molecule has 0 saturated carbocycles. The van der Waals surface area contributed by atoms with Crippen LogP contribution in [0.1, 0.15) is 23.0 Å². The quantitative estimate of drug-likeness (QED) is 0.511. The SMILES string of the molecule is C=CCn1c(=O)n(-c2ccccc2)c(=O)c2c(C(=O)OCC)cc(C)nc21. The van der Waals surface area contributed by atoms with Crippen molar-refractivity contribution in [2.75, 3.05) is 6.61 Å². The third-order valence-electron chi connectivity index (χ3n) is 4.04. The maximum Gasteiger partial charge on any atom is 0.339 e. The zero-order valence-corrected chi connectivity index (χ0v) is 15.1. The minimum atomic E-state index is -0.631. The summed E-state index contributed by atoms with van der Waals surface area (Å²) in [5.74, 6) is -0.631. The topological polar surface area (TPSA) is 83.2 Å². The molecule has 0 spiro atoms. The lowest BCUT2D eigenvalue weighted by atomic mass is 10.1. The van der Waals surface area contributed by atoms with Crippen molar-refractivity contribution in [2.45, 2.75) is 20.4 Å². The molecular formula is C20H19N3O4. The summed E-state index contributed by atoms with van der Waals surface area (Å²) in [6, 6.07) is 10.0. The number of benzene rings is 1. The van der Waals surface area contributed by atoms with Crippen LogP contribution in [-0.2, 0) is 11.3 Å². The van der Waals surface area contributed by atoms with Crippen LogP contribution in [0.3, 0.4) is 0 Å². The van der Waals surface area contributed by atoms with Crippen LogP contribution in [0.4, 0.5) is 0 Å². The number of carbonyl (C=O) groups is 1. The second-order valence-electron chi connectivity index (χ2n) is 5.89. The van der Waals surface area contributed by atoms with Gasteiger partial charge in [0.25, 0.3) is 5.56 Å². The first-order valence-corrected chi connectivity index (χ1v) is 8.50. The molecule has 7 heteroatoms. The number of nitrogens with zero attached hydrogens (tertiary/aromatic N) is 3. The second-order valence-corrected chi connectivity index (χ2v) is 5.89. The summed E-state index contributed by atoms with van der Waals surface area (Å²) in [5, 5.41) is 0.0457. The van der Waals surface area contributed by atoms with Gasteiger partial charge in [-0.15, -0.1) is 6.58 Å². The van der Waals surface area contributed by atoms with Gasteiger partial charge in [-0.3, -0.25) is 9.36 Å². The van der Waals surface area contributed by atoms with Crippen molar-refractivity contribution in [2.24, 2.45) is 0 Å². The molecule has 2 aromatic heterocycles. The molecule has 1 aromatic carbocycles. The zero-order chi connectivity index (χ0) is 19.6. The second kappa shape index (κ2) is 7.41. The monoisotopic (exact) mass is 365 g/mol. The van der Waals surface area contributed by atoms with Gasteiger partial charge in [-0.25, -0.2) is 19.1 Å². The van der Waals surface area contributed by atoms with Gasteiger partial charge in [-0.2, -0.15) is 0 Å². The fourth-order valence-corrected chi connectivity index (χ4v) is 2.94. The van der Waals surface area contributed by atoms with Crippen LogP contribution in [0, 0.1) is 6.92 Å². The summed E-state index contributed by atoms with van der Waals surface area (Å²) in [6.45, 7) is 7.35. The lowest BCUT2D eigenvalue weighted by Gasteiger charge is -2.14. The number of ether oxygens (including phenoxy) is 1. The van der Waals surface area contributed by atoms with Crippen molar-refractivity contribution < 1.29 is 9.53 Å². The van der Waals surface area contributed by atoms with E-state index >= 15 is 0 Å². The van der Waals surface area contributed by atoms with Crippen molar-refractivity contribution in [1.82, 2.24) is 14.1 Å². The van der Waals surface area contributed by atoms with Crippen LogP contribution in [0.15, 0.2) is 58.6 Å². The number of carbonyl (C=O) groups excluding carboxylic acids is 1. The molecule has 0 saturated heterocycles. The van der Waals surface area contributed by atoms with Gasteiger partial charge in [0.15, 0.2) is 5.65 Å². The molecule has 0 aliphatic heterocycles. The molecule has 0 amide bonds. The van der Waals surface area contributed by atoms with E-state index in [9.17, 15) is 14.4 Å². The smallest absolute Gasteiger partial charge is 0.339 e. The molecule has 0 bridgehead atoms. The first kappa shape index (κ1) is 18.3. The molecular weight excluding hydrogens is 346 g/mol. The molecule has 7 nitrogen and oxygen atoms in total. The van der Waals surface area contributed by atoms with Gasteiger partial charge in [-0.05, 0) is 32.0 Å². The van der Waals surface area contributed by atoms with Crippen LogP contribution in [0.5, 0.6) is 0 Å². The van der Waals surface area contributed by atoms with E-state index in [1.54, 1.807) is 44.2 Å². The largest absolute Gasteiger partial charge is 0.462 e. The normalized spacial score (nSPS) is 10.7. The zero-order valence-electron chi connectivity index (χ0n) is 15.1. The Labute approximate surface area is 155 Å². The summed E-state index contributed by atoms with van der Waals surface area (Å²) < 4.78 is 7.46. The van der Waals surface area contributed by atoms with Crippen molar-refractivity contribution in [3.8, 4) is 5.69 Å². The standard InChI is InChI=1S/C20H19N3O4/c1-4-11-22-17-16(15(12-13(3)21-17)19(25)27-5-2)18(24)23(20(22)26)14-9-7-6-8-10-14/h4,6-10,12H,1,5,11H2,2-3H3. The third kappa shape index (κ3) is 3.19. The van der Waals surface area contributed by atoms with Gasteiger partial charge in [0.05, 0.1) is 23.2 Å². The molecule has 0 N–H and O–H groups in total. The Morgan fingerprint density at radius 1 is 1.26 bits per heavy atom. The highest BCUT2D eigenvalue weighted by Crippen LogP contribution is 2.16. The summed E-state index contributed by atoms with van der Waals surface area (Å²) in [5.41, 5.74) is -0.0298. The molecule has 138 valence electrons. The average Bonchev–Trinajstić information content (AvgIpc) is 2.65. The Kier molecular flexibility index (Phi) is 5.03. The molecule has 27 heavy (non-hydrogen) atoms. The Hall–Kier alpha value is -3.48. The van der Waals surface area contributed by atoms with E-state index in [1.807, 2.05) is 0 Å². The molecule has 0 atom stereocenters. The molecule has 0 radical (unpaired) electrons. The highest BCUT2D eigenvalue weighted by molar-refractivity contribution is 6.02. The van der Waals surface area contributed by atoms with Crippen LogP contribution < -0.4 is 11.2 Å². The van der Waals surface area contributed by atoms with Crippen molar-refractivity contribution in [1.29, 1.82) is 0 Å². The third-order valence-corrected chi connectivity index (χ3v) is 4.04. The molecule has 3 aromatic rings. The maximum absolute atomic E-state index is 13.2. The fourth-order valence-electron chi connectivity index (χ4n) is 2.94. The first-order chi connectivity index (χ1) is 13.0. The van der Waals surface area contributed by atoms with Crippen molar-refractivity contribution >= 4 is 17.0 Å². The molecule has 0 unspecified atom stereocenters. The number of esters is 1. The van der Waals surface area contributed by atoms with E-state index in [4.69, 9.17) is 4.74 Å². The van der Waals surface area contributed by atoms with Crippen LogP contribution >= 0.6 is 0 Å². The van der Waals surface area contributed by atoms with E-state index < -0.39 is 17.2 Å². The number of fused-ring (bicyclic) bond motifs is 1. The van der Waals surface area contributed by atoms with Gasteiger partial charge in [-0.1, -0.05) is 24.3 Å². The number of allylic oxidation sites excluding steroid dienone is 1. The Morgan fingerprint density at radius 2 is 1.96 bits per heavy atom. The lowest BCUT2D eigenvalue weighted by molar-refractivity contribution is 0.0528. The van der Waals surface area contributed by atoms with E-state index in [-0.39, 0.29) is 29.7 Å². The number of pyridine rings is 1. The minimum absolute atomic E-state index is 0.0457. The average molecular weight is 365 g/mol. The number of para-hydroxylation sites is 1. The lowest BCUT2D eigenvalue weighted by Crippen LogP contribution is -2.40. The summed E-state index contributed by atoms with van der Waals surface area (Å²) in [4.78, 5) is 43.1.